The molecule has 1 amide bonds. The van der Waals surface area contributed by atoms with E-state index in [-0.39, 0.29) is 12.0 Å². The lowest BCUT2D eigenvalue weighted by Gasteiger charge is -2.18. The number of amides is 1. The van der Waals surface area contributed by atoms with Crippen molar-refractivity contribution in [1.29, 1.82) is 0 Å². The van der Waals surface area contributed by atoms with Crippen molar-refractivity contribution in [3.8, 4) is 11.5 Å². The fourth-order valence-corrected chi connectivity index (χ4v) is 2.60. The normalized spacial score (nSPS) is 11.9. The number of ether oxygens (including phenoxy) is 2. The van der Waals surface area contributed by atoms with Gasteiger partial charge in [-0.25, -0.2) is 0 Å². The number of halogens is 1. The van der Waals surface area contributed by atoms with Gasteiger partial charge in [0.05, 0.1) is 6.10 Å². The summed E-state index contributed by atoms with van der Waals surface area (Å²) in [6.07, 6.45) is 0.135. The Bertz CT molecular complexity index is 746. The Balaban J connectivity index is 1.95. The summed E-state index contributed by atoms with van der Waals surface area (Å²) in [5.74, 6) is 1.29. The van der Waals surface area contributed by atoms with Gasteiger partial charge < -0.3 is 14.8 Å². The zero-order chi connectivity index (χ0) is 19.1. The number of carbonyl (C=O) groups excluding carboxylic acids is 1. The molecule has 0 saturated heterocycles. The van der Waals surface area contributed by atoms with Gasteiger partial charge in [0.1, 0.15) is 11.5 Å². The topological polar surface area (TPSA) is 47.6 Å². The Morgan fingerprint density at radius 2 is 1.85 bits per heavy atom. The van der Waals surface area contributed by atoms with E-state index in [4.69, 9.17) is 21.1 Å². The van der Waals surface area contributed by atoms with Crippen LogP contribution < -0.4 is 14.8 Å². The number of carbonyl (C=O) groups is 1. The molecular weight excluding hydrogens is 350 g/mol. The highest BCUT2D eigenvalue weighted by Gasteiger charge is 2.18. The first-order chi connectivity index (χ1) is 12.4. The van der Waals surface area contributed by atoms with E-state index in [2.05, 4.69) is 5.32 Å². The summed E-state index contributed by atoms with van der Waals surface area (Å²) in [6.45, 7) is 8.21. The molecule has 1 N–H and O–H groups in total. The van der Waals surface area contributed by atoms with E-state index in [9.17, 15) is 4.79 Å². The molecule has 2 rings (SSSR count). The summed E-state index contributed by atoms with van der Waals surface area (Å²) < 4.78 is 11.5. The van der Waals surface area contributed by atoms with Crippen LogP contribution in [0.5, 0.6) is 11.5 Å². The summed E-state index contributed by atoms with van der Waals surface area (Å²) in [6, 6.07) is 13.1. The van der Waals surface area contributed by atoms with Crippen LogP contribution in [-0.2, 0) is 11.3 Å². The molecule has 0 bridgehead atoms. The Morgan fingerprint density at radius 1 is 1.12 bits per heavy atom. The SMILES string of the molecule is CCC(Oc1ccc(Cl)c(C)c1)C(=O)NCc1cccc(OC(C)C)c1. The van der Waals surface area contributed by atoms with Gasteiger partial charge in [0.2, 0.25) is 0 Å². The number of aryl methyl sites for hydroxylation is 1. The highest BCUT2D eigenvalue weighted by atomic mass is 35.5. The second kappa shape index (κ2) is 9.48. The lowest BCUT2D eigenvalue weighted by atomic mass is 10.2. The monoisotopic (exact) mass is 375 g/mol. The fourth-order valence-electron chi connectivity index (χ4n) is 2.48. The molecule has 140 valence electrons. The Morgan fingerprint density at radius 3 is 2.50 bits per heavy atom. The van der Waals surface area contributed by atoms with Gasteiger partial charge >= 0.3 is 0 Å². The van der Waals surface area contributed by atoms with Gasteiger partial charge in [-0.3, -0.25) is 4.79 Å². The molecule has 1 unspecified atom stereocenters. The Labute approximate surface area is 160 Å². The molecule has 0 aliphatic carbocycles. The molecule has 0 fully saturated rings. The first-order valence-electron chi connectivity index (χ1n) is 8.85. The number of nitrogens with one attached hydrogen (secondary N) is 1. The first kappa shape index (κ1) is 20.1. The van der Waals surface area contributed by atoms with Gasteiger partial charge in [-0.2, -0.15) is 0 Å². The van der Waals surface area contributed by atoms with E-state index in [1.807, 2.05) is 58.0 Å². The van der Waals surface area contributed by atoms with Crippen LogP contribution >= 0.6 is 11.6 Å². The van der Waals surface area contributed by atoms with E-state index in [1.54, 1.807) is 12.1 Å². The lowest BCUT2D eigenvalue weighted by molar-refractivity contribution is -0.128. The third kappa shape index (κ3) is 5.95. The van der Waals surface area contributed by atoms with Crippen LogP contribution in [0.15, 0.2) is 42.5 Å². The minimum atomic E-state index is -0.550. The highest BCUT2D eigenvalue weighted by Crippen LogP contribution is 2.22. The van der Waals surface area contributed by atoms with Crippen molar-refractivity contribution in [3.63, 3.8) is 0 Å². The lowest BCUT2D eigenvalue weighted by Crippen LogP contribution is -2.37. The van der Waals surface area contributed by atoms with Crippen molar-refractivity contribution in [3.05, 3.63) is 58.6 Å². The molecule has 4 nitrogen and oxygen atoms in total. The highest BCUT2D eigenvalue weighted by molar-refractivity contribution is 6.31. The zero-order valence-electron chi connectivity index (χ0n) is 15.7. The molecule has 0 radical (unpaired) electrons. The van der Waals surface area contributed by atoms with Gasteiger partial charge in [-0.15, -0.1) is 0 Å². The minimum absolute atomic E-state index is 0.112. The molecule has 1 atom stereocenters. The molecule has 26 heavy (non-hydrogen) atoms. The third-order valence-corrected chi connectivity index (χ3v) is 4.23. The Hall–Kier alpha value is -2.20. The van der Waals surface area contributed by atoms with Crippen LogP contribution in [0.25, 0.3) is 0 Å². The predicted octanol–water partition coefficient (Wildman–Crippen LogP) is 4.91. The molecule has 0 heterocycles. The van der Waals surface area contributed by atoms with Crippen LogP contribution in [0.1, 0.15) is 38.3 Å². The number of hydrogen-bond donors (Lipinski definition) is 1. The van der Waals surface area contributed by atoms with Crippen molar-refractivity contribution < 1.29 is 14.3 Å². The van der Waals surface area contributed by atoms with Crippen molar-refractivity contribution in [2.24, 2.45) is 0 Å². The van der Waals surface area contributed by atoms with Crippen molar-refractivity contribution in [2.45, 2.75) is 52.9 Å². The van der Waals surface area contributed by atoms with E-state index in [1.165, 1.54) is 0 Å². The van der Waals surface area contributed by atoms with Crippen LogP contribution in [0.2, 0.25) is 5.02 Å². The van der Waals surface area contributed by atoms with Crippen LogP contribution in [0.4, 0.5) is 0 Å². The summed E-state index contributed by atoms with van der Waals surface area (Å²) >= 11 is 6.03. The molecule has 0 saturated carbocycles. The van der Waals surface area contributed by atoms with Gasteiger partial charge in [0.25, 0.3) is 5.91 Å². The number of rotatable bonds is 8. The first-order valence-corrected chi connectivity index (χ1v) is 9.23. The minimum Gasteiger partial charge on any atom is -0.491 e. The molecular formula is C21H26ClNO3. The van der Waals surface area contributed by atoms with Gasteiger partial charge in [0, 0.05) is 11.6 Å². The number of benzene rings is 2. The average Bonchev–Trinajstić information content (AvgIpc) is 2.60. The maximum atomic E-state index is 12.5. The fraction of sp³-hybridized carbons (Fsp3) is 0.381. The third-order valence-electron chi connectivity index (χ3n) is 3.81. The number of hydrogen-bond acceptors (Lipinski definition) is 3. The Kier molecular flexibility index (Phi) is 7.34. The van der Waals surface area contributed by atoms with Gasteiger partial charge in [-0.05, 0) is 68.7 Å². The van der Waals surface area contributed by atoms with Gasteiger partial charge in [0.15, 0.2) is 6.10 Å². The molecule has 2 aromatic rings. The van der Waals surface area contributed by atoms with Crippen LogP contribution in [0.3, 0.4) is 0 Å². The smallest absolute Gasteiger partial charge is 0.261 e. The standard InChI is InChI=1S/C21H26ClNO3/c1-5-20(26-18-9-10-19(22)15(4)11-18)21(24)23-13-16-7-6-8-17(12-16)25-14(2)3/h6-12,14,20H,5,13H2,1-4H3,(H,23,24). The van der Waals surface area contributed by atoms with Crippen molar-refractivity contribution in [2.75, 3.05) is 0 Å². The largest absolute Gasteiger partial charge is 0.491 e. The van der Waals surface area contributed by atoms with E-state index >= 15 is 0 Å². The van der Waals surface area contributed by atoms with Crippen molar-refractivity contribution in [1.82, 2.24) is 5.32 Å². The van der Waals surface area contributed by atoms with E-state index < -0.39 is 6.10 Å². The summed E-state index contributed by atoms with van der Waals surface area (Å²) in [4.78, 5) is 12.5. The second-order valence-electron chi connectivity index (χ2n) is 6.46. The van der Waals surface area contributed by atoms with E-state index in [0.29, 0.717) is 23.7 Å². The zero-order valence-corrected chi connectivity index (χ0v) is 16.5. The van der Waals surface area contributed by atoms with Crippen molar-refractivity contribution >= 4 is 17.5 Å². The second-order valence-corrected chi connectivity index (χ2v) is 6.86. The summed E-state index contributed by atoms with van der Waals surface area (Å²) in [5, 5.41) is 3.61. The summed E-state index contributed by atoms with van der Waals surface area (Å²) in [7, 11) is 0. The molecule has 0 aliphatic rings. The van der Waals surface area contributed by atoms with Crippen LogP contribution in [0, 0.1) is 6.92 Å². The molecule has 2 aromatic carbocycles. The molecule has 0 spiro atoms. The van der Waals surface area contributed by atoms with Gasteiger partial charge in [-0.1, -0.05) is 30.7 Å². The molecule has 5 heteroatoms. The van der Waals surface area contributed by atoms with E-state index in [0.717, 1.165) is 16.9 Å². The maximum Gasteiger partial charge on any atom is 0.261 e. The molecule has 0 aliphatic heterocycles. The molecule has 0 aromatic heterocycles. The van der Waals surface area contributed by atoms with Crippen LogP contribution in [-0.4, -0.2) is 18.1 Å². The quantitative estimate of drug-likeness (QED) is 0.713. The average molecular weight is 376 g/mol. The maximum absolute atomic E-state index is 12.5. The summed E-state index contributed by atoms with van der Waals surface area (Å²) in [5.41, 5.74) is 1.90. The predicted molar refractivity (Wildman–Crippen MR) is 105 cm³/mol.